The first-order valence-electron chi connectivity index (χ1n) is 5.62. The Labute approximate surface area is 114 Å². The normalized spacial score (nSPS) is 11.1. The van der Waals surface area contributed by atoms with Gasteiger partial charge in [0.25, 0.3) is 0 Å². The number of hydrogen-bond acceptors (Lipinski definition) is 8. The van der Waals surface area contributed by atoms with Gasteiger partial charge in [-0.05, 0) is 5.92 Å². The molecule has 98 valence electrons. The molecule has 0 aromatic carbocycles. The van der Waals surface area contributed by atoms with Gasteiger partial charge in [-0.15, -0.1) is 20.4 Å². The van der Waals surface area contributed by atoms with Crippen LogP contribution >= 0.6 is 23.1 Å². The van der Waals surface area contributed by atoms with Crippen LogP contribution < -0.4 is 5.32 Å². The van der Waals surface area contributed by atoms with E-state index in [2.05, 4.69) is 39.6 Å². The molecule has 18 heavy (non-hydrogen) atoms. The van der Waals surface area contributed by atoms with Crippen LogP contribution in [0.5, 0.6) is 0 Å². The molecule has 0 aliphatic carbocycles. The van der Waals surface area contributed by atoms with Crippen molar-refractivity contribution < 1.29 is 4.42 Å². The molecule has 0 saturated carbocycles. The third-order valence-corrected chi connectivity index (χ3v) is 3.95. The fraction of sp³-hybridized carbons (Fsp3) is 0.600. The molecule has 2 heterocycles. The average molecular weight is 285 g/mol. The Morgan fingerprint density at radius 2 is 2.11 bits per heavy atom. The maximum absolute atomic E-state index is 5.29. The molecule has 0 fully saturated rings. The third kappa shape index (κ3) is 3.95. The molecule has 2 rings (SSSR count). The Balaban J connectivity index is 1.83. The molecule has 0 radical (unpaired) electrons. The van der Waals surface area contributed by atoms with Gasteiger partial charge in [0.1, 0.15) is 0 Å². The summed E-state index contributed by atoms with van der Waals surface area (Å²) in [4.78, 5) is 0. The number of nitrogens with one attached hydrogen (secondary N) is 1. The number of aryl methyl sites for hydroxylation is 1. The van der Waals surface area contributed by atoms with E-state index in [0.717, 1.165) is 16.0 Å². The van der Waals surface area contributed by atoms with Gasteiger partial charge in [-0.25, -0.2) is 0 Å². The molecule has 0 aliphatic heterocycles. The topological polar surface area (TPSA) is 76.7 Å². The van der Waals surface area contributed by atoms with Gasteiger partial charge in [-0.2, -0.15) is 0 Å². The molecule has 0 saturated heterocycles. The largest absolute Gasteiger partial charge is 0.425 e. The predicted molar refractivity (Wildman–Crippen MR) is 71.8 cm³/mol. The smallest absolute Gasteiger partial charge is 0.226 e. The van der Waals surface area contributed by atoms with E-state index in [0.29, 0.717) is 23.5 Å². The van der Waals surface area contributed by atoms with Crippen molar-refractivity contribution in [2.75, 3.05) is 11.9 Å². The van der Waals surface area contributed by atoms with Crippen molar-refractivity contribution in [3.05, 3.63) is 11.8 Å². The van der Waals surface area contributed by atoms with Crippen molar-refractivity contribution in [3.8, 4) is 0 Å². The molecule has 0 unspecified atom stereocenters. The van der Waals surface area contributed by atoms with Crippen LogP contribution in [0.25, 0.3) is 0 Å². The Morgan fingerprint density at radius 3 is 2.78 bits per heavy atom. The molecule has 0 aliphatic rings. The van der Waals surface area contributed by atoms with Gasteiger partial charge in [0.2, 0.25) is 16.9 Å². The van der Waals surface area contributed by atoms with E-state index < -0.39 is 0 Å². The van der Waals surface area contributed by atoms with Crippen LogP contribution in [-0.2, 0) is 5.75 Å². The van der Waals surface area contributed by atoms with Crippen LogP contribution in [0.1, 0.15) is 25.6 Å². The summed E-state index contributed by atoms with van der Waals surface area (Å²) in [7, 11) is 0. The summed E-state index contributed by atoms with van der Waals surface area (Å²) in [5.74, 6) is 2.41. The fourth-order valence-corrected chi connectivity index (χ4v) is 2.75. The third-order valence-electron chi connectivity index (χ3n) is 1.95. The number of hydrogen-bond donors (Lipinski definition) is 1. The minimum atomic E-state index is 0.585. The van der Waals surface area contributed by atoms with Crippen molar-refractivity contribution in [2.24, 2.45) is 5.92 Å². The lowest BCUT2D eigenvalue weighted by molar-refractivity contribution is 0.485. The number of nitrogens with zero attached hydrogens (tertiary/aromatic N) is 4. The second kappa shape index (κ2) is 6.14. The van der Waals surface area contributed by atoms with Crippen molar-refractivity contribution >= 4 is 28.2 Å². The van der Waals surface area contributed by atoms with Gasteiger partial charge in [0.15, 0.2) is 4.34 Å². The summed E-state index contributed by atoms with van der Waals surface area (Å²) >= 11 is 3.09. The second-order valence-electron chi connectivity index (χ2n) is 4.15. The lowest BCUT2D eigenvalue weighted by Crippen LogP contribution is -2.07. The van der Waals surface area contributed by atoms with Crippen LogP contribution in [0.15, 0.2) is 8.76 Å². The lowest BCUT2D eigenvalue weighted by atomic mass is 10.2. The summed E-state index contributed by atoms with van der Waals surface area (Å²) in [6.45, 7) is 6.99. The second-order valence-corrected chi connectivity index (χ2v) is 6.35. The van der Waals surface area contributed by atoms with Gasteiger partial charge < -0.3 is 9.73 Å². The first kappa shape index (κ1) is 13.3. The van der Waals surface area contributed by atoms with Crippen LogP contribution in [0.4, 0.5) is 5.13 Å². The maximum atomic E-state index is 5.29. The zero-order valence-electron chi connectivity index (χ0n) is 10.5. The van der Waals surface area contributed by atoms with E-state index in [4.69, 9.17) is 4.42 Å². The van der Waals surface area contributed by atoms with E-state index in [1.807, 2.05) is 0 Å². The SMILES string of the molecule is Cc1nnc(CSc2nnc(NCC(C)C)s2)o1. The van der Waals surface area contributed by atoms with Crippen molar-refractivity contribution in [1.29, 1.82) is 0 Å². The Hall–Kier alpha value is -1.15. The quantitative estimate of drug-likeness (QED) is 0.817. The minimum absolute atomic E-state index is 0.585. The highest BCUT2D eigenvalue weighted by Gasteiger charge is 2.08. The van der Waals surface area contributed by atoms with E-state index >= 15 is 0 Å². The molecule has 6 nitrogen and oxygen atoms in total. The van der Waals surface area contributed by atoms with Gasteiger partial charge >= 0.3 is 0 Å². The Morgan fingerprint density at radius 1 is 1.28 bits per heavy atom. The molecule has 8 heteroatoms. The van der Waals surface area contributed by atoms with E-state index in [9.17, 15) is 0 Å². The molecule has 0 bridgehead atoms. The molecule has 0 amide bonds. The zero-order valence-corrected chi connectivity index (χ0v) is 12.1. The summed E-state index contributed by atoms with van der Waals surface area (Å²) in [5, 5.41) is 20.0. The first-order valence-corrected chi connectivity index (χ1v) is 7.43. The zero-order chi connectivity index (χ0) is 13.0. The highest BCUT2D eigenvalue weighted by Crippen LogP contribution is 2.27. The monoisotopic (exact) mass is 285 g/mol. The molecule has 1 N–H and O–H groups in total. The van der Waals surface area contributed by atoms with Crippen molar-refractivity contribution in [1.82, 2.24) is 20.4 Å². The molecular weight excluding hydrogens is 270 g/mol. The van der Waals surface area contributed by atoms with Crippen LogP contribution in [0.2, 0.25) is 0 Å². The molecule has 0 spiro atoms. The molecule has 2 aromatic heterocycles. The summed E-state index contributed by atoms with van der Waals surface area (Å²) in [5.41, 5.74) is 0. The molecule has 2 aromatic rings. The van der Waals surface area contributed by atoms with Crippen molar-refractivity contribution in [2.45, 2.75) is 30.9 Å². The number of rotatable bonds is 6. The average Bonchev–Trinajstić information content (AvgIpc) is 2.93. The number of anilines is 1. The Bertz CT molecular complexity index is 496. The summed E-state index contributed by atoms with van der Waals surface area (Å²) in [6.07, 6.45) is 0. The predicted octanol–water partition coefficient (Wildman–Crippen LogP) is 2.59. The summed E-state index contributed by atoms with van der Waals surface area (Å²) < 4.78 is 6.19. The van der Waals surface area contributed by atoms with E-state index in [-0.39, 0.29) is 0 Å². The standard InChI is InChI=1S/C10H15N5OS2/c1-6(2)4-11-9-14-15-10(18-9)17-5-8-13-12-7(3)16-8/h6H,4-5H2,1-3H3,(H,11,14). The van der Waals surface area contributed by atoms with Crippen molar-refractivity contribution in [3.63, 3.8) is 0 Å². The van der Waals surface area contributed by atoms with E-state index in [1.54, 1.807) is 30.0 Å². The van der Waals surface area contributed by atoms with Gasteiger partial charge in [0.05, 0.1) is 5.75 Å². The van der Waals surface area contributed by atoms with Crippen LogP contribution in [-0.4, -0.2) is 26.9 Å². The summed E-state index contributed by atoms with van der Waals surface area (Å²) in [6, 6.07) is 0. The number of aromatic nitrogens is 4. The van der Waals surface area contributed by atoms with Crippen LogP contribution in [0.3, 0.4) is 0 Å². The number of thioether (sulfide) groups is 1. The van der Waals surface area contributed by atoms with Crippen LogP contribution in [0, 0.1) is 12.8 Å². The van der Waals surface area contributed by atoms with Gasteiger partial charge in [0, 0.05) is 13.5 Å². The molecular formula is C10H15N5OS2. The van der Waals surface area contributed by atoms with E-state index in [1.165, 1.54) is 0 Å². The maximum Gasteiger partial charge on any atom is 0.226 e. The first-order chi connectivity index (χ1) is 8.63. The Kier molecular flexibility index (Phi) is 4.54. The molecule has 0 atom stereocenters. The highest BCUT2D eigenvalue weighted by atomic mass is 32.2. The van der Waals surface area contributed by atoms with Gasteiger partial charge in [-0.3, -0.25) is 0 Å². The fourth-order valence-electron chi connectivity index (χ4n) is 1.15. The highest BCUT2D eigenvalue weighted by molar-refractivity contribution is 8.00. The minimum Gasteiger partial charge on any atom is -0.425 e. The van der Waals surface area contributed by atoms with Gasteiger partial charge in [-0.1, -0.05) is 36.9 Å². The lowest BCUT2D eigenvalue weighted by Gasteiger charge is -2.03.